The van der Waals surface area contributed by atoms with Crippen LogP contribution in [0.5, 0.6) is 0 Å². The minimum absolute atomic E-state index is 0.0153. The Morgan fingerprint density at radius 3 is 2.59 bits per heavy atom. The molecule has 1 amide bonds. The molecule has 1 N–H and O–H groups in total. The first-order chi connectivity index (χ1) is 12.7. The summed E-state index contributed by atoms with van der Waals surface area (Å²) in [6.45, 7) is 6.82. The van der Waals surface area contributed by atoms with E-state index in [9.17, 15) is 13.2 Å². The molecule has 1 aromatic carbocycles. The van der Waals surface area contributed by atoms with Gasteiger partial charge in [0.2, 0.25) is 15.9 Å². The Kier molecular flexibility index (Phi) is 7.00. The lowest BCUT2D eigenvalue weighted by Gasteiger charge is -2.12. The molecule has 0 unspecified atom stereocenters. The molecule has 1 atom stereocenters. The van der Waals surface area contributed by atoms with E-state index in [4.69, 9.17) is 0 Å². The monoisotopic (exact) mass is 394 g/mol. The van der Waals surface area contributed by atoms with Crippen LogP contribution in [0.2, 0.25) is 0 Å². The Morgan fingerprint density at radius 1 is 1.30 bits per heavy atom. The van der Waals surface area contributed by atoms with E-state index < -0.39 is 10.0 Å². The summed E-state index contributed by atoms with van der Waals surface area (Å²) >= 11 is 0. The number of hydrogen-bond acceptors (Lipinski definition) is 4. The smallest absolute Gasteiger partial charge is 0.242 e. The maximum Gasteiger partial charge on any atom is 0.242 e. The van der Waals surface area contributed by atoms with Crippen LogP contribution in [0, 0.1) is 0 Å². The highest BCUT2D eigenvalue weighted by molar-refractivity contribution is 7.89. The minimum Gasteiger partial charge on any atom is -0.354 e. The van der Waals surface area contributed by atoms with Crippen LogP contribution in [-0.2, 0) is 27.8 Å². The molecule has 7 nitrogen and oxygen atoms in total. The van der Waals surface area contributed by atoms with Gasteiger partial charge in [0, 0.05) is 39.5 Å². The van der Waals surface area contributed by atoms with Gasteiger partial charge in [0.1, 0.15) is 5.82 Å². The van der Waals surface area contributed by atoms with E-state index in [1.54, 1.807) is 18.2 Å². The van der Waals surface area contributed by atoms with Crippen molar-refractivity contribution in [2.75, 3.05) is 14.1 Å². The van der Waals surface area contributed by atoms with Crippen LogP contribution in [0.4, 0.5) is 0 Å². The van der Waals surface area contributed by atoms with Crippen LogP contribution in [0.15, 0.2) is 23.1 Å². The molecule has 0 saturated carbocycles. The zero-order chi connectivity index (χ0) is 20.2. The third-order valence-corrected chi connectivity index (χ3v) is 6.41. The molecule has 0 saturated heterocycles. The zero-order valence-corrected chi connectivity index (χ0v) is 17.6. The van der Waals surface area contributed by atoms with Crippen molar-refractivity contribution in [3.05, 3.63) is 24.0 Å². The van der Waals surface area contributed by atoms with Crippen molar-refractivity contribution in [3.8, 4) is 0 Å². The fraction of sp³-hybridized carbons (Fsp3) is 0.579. The number of nitrogens with zero attached hydrogens (tertiary/aromatic N) is 3. The van der Waals surface area contributed by atoms with Gasteiger partial charge in [0.05, 0.1) is 15.9 Å². The van der Waals surface area contributed by atoms with Crippen LogP contribution in [-0.4, -0.2) is 48.3 Å². The average Bonchev–Trinajstić information content (AvgIpc) is 2.96. The van der Waals surface area contributed by atoms with Crippen LogP contribution >= 0.6 is 0 Å². The number of carbonyl (C=O) groups excluding carboxylic acids is 1. The van der Waals surface area contributed by atoms with E-state index in [0.717, 1.165) is 24.2 Å². The summed E-state index contributed by atoms with van der Waals surface area (Å²) in [5.74, 6) is 0.812. The normalized spacial score (nSPS) is 13.3. The standard InChI is InChI=1S/C19H30N4O3S/c1-6-8-14(3)20-19(24)12-11-18-21-16-13-15(27(25,26)22(4)5)9-10-17(16)23(18)7-2/h9-10,13-14H,6-8,11-12H2,1-5H3,(H,20,24)/t14-/m1/s1. The lowest BCUT2D eigenvalue weighted by atomic mass is 10.2. The molecule has 27 heavy (non-hydrogen) atoms. The number of benzene rings is 1. The number of hydrogen-bond donors (Lipinski definition) is 1. The van der Waals surface area contributed by atoms with Gasteiger partial charge in [0.15, 0.2) is 0 Å². The van der Waals surface area contributed by atoms with Gasteiger partial charge in [-0.05, 0) is 38.5 Å². The summed E-state index contributed by atoms with van der Waals surface area (Å²) in [5.41, 5.74) is 1.51. The minimum atomic E-state index is -3.50. The Labute approximate surface area is 161 Å². The number of rotatable bonds is 9. The highest BCUT2D eigenvalue weighted by atomic mass is 32.2. The van der Waals surface area contributed by atoms with Crippen molar-refractivity contribution in [2.45, 2.75) is 63.9 Å². The molecule has 0 aliphatic carbocycles. The van der Waals surface area contributed by atoms with Crippen LogP contribution in [0.3, 0.4) is 0 Å². The molecule has 150 valence electrons. The number of aryl methyl sites for hydroxylation is 2. The quantitative estimate of drug-likeness (QED) is 0.708. The third-order valence-electron chi connectivity index (χ3n) is 4.60. The summed E-state index contributed by atoms with van der Waals surface area (Å²) in [7, 11) is -0.488. The third kappa shape index (κ3) is 4.87. The number of imidazole rings is 1. The molecule has 0 aliphatic heterocycles. The molecular formula is C19H30N4O3S. The van der Waals surface area contributed by atoms with Gasteiger partial charge in [0.25, 0.3) is 0 Å². The summed E-state index contributed by atoms with van der Waals surface area (Å²) < 4.78 is 27.9. The van der Waals surface area contributed by atoms with Gasteiger partial charge in [-0.2, -0.15) is 0 Å². The summed E-state index contributed by atoms with van der Waals surface area (Å²) in [4.78, 5) is 17.0. The van der Waals surface area contributed by atoms with Gasteiger partial charge < -0.3 is 9.88 Å². The van der Waals surface area contributed by atoms with Gasteiger partial charge in [-0.1, -0.05) is 13.3 Å². The molecule has 0 aliphatic rings. The van der Waals surface area contributed by atoms with E-state index in [1.807, 2.05) is 18.4 Å². The topological polar surface area (TPSA) is 84.3 Å². The largest absolute Gasteiger partial charge is 0.354 e. The van der Waals surface area contributed by atoms with Gasteiger partial charge in [-0.3, -0.25) is 4.79 Å². The van der Waals surface area contributed by atoms with Crippen molar-refractivity contribution >= 4 is 27.0 Å². The molecule has 2 aromatic rings. The first-order valence-electron chi connectivity index (χ1n) is 9.41. The van der Waals surface area contributed by atoms with Crippen molar-refractivity contribution < 1.29 is 13.2 Å². The van der Waals surface area contributed by atoms with E-state index in [-0.39, 0.29) is 16.8 Å². The number of amides is 1. The van der Waals surface area contributed by atoms with Crippen LogP contribution < -0.4 is 5.32 Å². The lowest BCUT2D eigenvalue weighted by molar-refractivity contribution is -0.121. The SMILES string of the molecule is CCC[C@@H](C)NC(=O)CCc1nc2cc(S(=O)(=O)N(C)C)ccc2n1CC. The first kappa shape index (κ1) is 21.4. The number of aromatic nitrogens is 2. The number of sulfonamides is 1. The van der Waals surface area contributed by atoms with E-state index in [1.165, 1.54) is 18.4 Å². The van der Waals surface area contributed by atoms with E-state index in [2.05, 4.69) is 17.2 Å². The average molecular weight is 395 g/mol. The fourth-order valence-electron chi connectivity index (χ4n) is 3.15. The number of fused-ring (bicyclic) bond motifs is 1. The van der Waals surface area contributed by atoms with Crippen LogP contribution in [0.25, 0.3) is 11.0 Å². The predicted octanol–water partition coefficient (Wildman–Crippen LogP) is 2.54. The molecule has 2 rings (SSSR count). The first-order valence-corrected chi connectivity index (χ1v) is 10.9. The molecule has 0 spiro atoms. The Bertz CT molecular complexity index is 903. The maximum absolute atomic E-state index is 12.3. The van der Waals surface area contributed by atoms with Crippen molar-refractivity contribution in [3.63, 3.8) is 0 Å². The Balaban J connectivity index is 2.24. The second-order valence-electron chi connectivity index (χ2n) is 6.97. The van der Waals surface area contributed by atoms with E-state index in [0.29, 0.717) is 24.9 Å². The molecule has 0 bridgehead atoms. The maximum atomic E-state index is 12.3. The highest BCUT2D eigenvalue weighted by Crippen LogP contribution is 2.22. The molecule has 1 aromatic heterocycles. The van der Waals surface area contributed by atoms with Crippen molar-refractivity contribution in [2.24, 2.45) is 0 Å². The molecular weight excluding hydrogens is 364 g/mol. The van der Waals surface area contributed by atoms with Crippen LogP contribution in [0.1, 0.15) is 45.9 Å². The molecule has 1 heterocycles. The molecule has 8 heteroatoms. The van der Waals surface area contributed by atoms with Crippen molar-refractivity contribution in [1.29, 1.82) is 0 Å². The second-order valence-corrected chi connectivity index (χ2v) is 9.12. The van der Waals surface area contributed by atoms with Gasteiger partial charge in [-0.25, -0.2) is 17.7 Å². The number of carbonyl (C=O) groups is 1. The Morgan fingerprint density at radius 2 is 2.00 bits per heavy atom. The predicted molar refractivity (Wildman–Crippen MR) is 107 cm³/mol. The number of nitrogens with one attached hydrogen (secondary N) is 1. The van der Waals surface area contributed by atoms with Gasteiger partial charge >= 0.3 is 0 Å². The highest BCUT2D eigenvalue weighted by Gasteiger charge is 2.19. The van der Waals surface area contributed by atoms with Gasteiger partial charge in [-0.15, -0.1) is 0 Å². The summed E-state index contributed by atoms with van der Waals surface area (Å²) in [6.07, 6.45) is 2.87. The Hall–Kier alpha value is -1.93. The lowest BCUT2D eigenvalue weighted by Crippen LogP contribution is -2.32. The molecule has 0 fully saturated rings. The fourth-order valence-corrected chi connectivity index (χ4v) is 4.07. The second kappa shape index (κ2) is 8.84. The molecule has 0 radical (unpaired) electrons. The van der Waals surface area contributed by atoms with E-state index >= 15 is 0 Å². The summed E-state index contributed by atoms with van der Waals surface area (Å²) in [5, 5.41) is 3.00. The van der Waals surface area contributed by atoms with Crippen molar-refractivity contribution in [1.82, 2.24) is 19.2 Å². The zero-order valence-electron chi connectivity index (χ0n) is 16.8. The summed E-state index contributed by atoms with van der Waals surface area (Å²) in [6, 6.07) is 5.17.